The number of nitrogens with zero attached hydrogens (tertiary/aromatic N) is 2. The number of hydrogen-bond donors (Lipinski definition) is 1. The highest BCUT2D eigenvalue weighted by Gasteiger charge is 2.34. The number of fused-ring (bicyclic) bond motifs is 1. The van der Waals surface area contributed by atoms with Gasteiger partial charge in [0.2, 0.25) is 0 Å². The Labute approximate surface area is 195 Å². The number of nitrogens with one attached hydrogen (secondary N) is 1. The van der Waals surface area contributed by atoms with Crippen molar-refractivity contribution in [3.8, 4) is 0 Å². The first kappa shape index (κ1) is 22.2. The molecule has 2 aliphatic rings. The van der Waals surface area contributed by atoms with Gasteiger partial charge in [-0.05, 0) is 84.4 Å². The molecular formula is C26H29N3O2S. The summed E-state index contributed by atoms with van der Waals surface area (Å²) in [6.07, 6.45) is 4.90. The van der Waals surface area contributed by atoms with Crippen LogP contribution in [-0.2, 0) is 16.0 Å². The van der Waals surface area contributed by atoms with Crippen molar-refractivity contribution in [1.29, 1.82) is 0 Å². The van der Waals surface area contributed by atoms with Gasteiger partial charge in [0.1, 0.15) is 5.57 Å². The maximum Gasteiger partial charge on any atom is 0.270 e. The molecule has 0 unspecified atom stereocenters. The van der Waals surface area contributed by atoms with E-state index in [9.17, 15) is 9.59 Å². The lowest BCUT2D eigenvalue weighted by atomic mass is 9.97. The molecule has 2 aromatic carbocycles. The maximum absolute atomic E-state index is 13.3. The third-order valence-electron chi connectivity index (χ3n) is 6.04. The Bertz CT molecular complexity index is 1090. The van der Waals surface area contributed by atoms with E-state index in [0.29, 0.717) is 11.6 Å². The van der Waals surface area contributed by atoms with Gasteiger partial charge in [-0.15, -0.1) is 0 Å². The van der Waals surface area contributed by atoms with Gasteiger partial charge in [0.25, 0.3) is 11.8 Å². The second-order valence-electron chi connectivity index (χ2n) is 8.68. The third-order valence-corrected chi connectivity index (χ3v) is 6.33. The summed E-state index contributed by atoms with van der Waals surface area (Å²) in [6.45, 7) is 8.53. The zero-order chi connectivity index (χ0) is 22.8. The lowest BCUT2D eigenvalue weighted by molar-refractivity contribution is -0.122. The fourth-order valence-electron chi connectivity index (χ4n) is 4.35. The third kappa shape index (κ3) is 4.32. The SMILES string of the molecule is CCCN1CCCc2cc(/C=C3\C(=O)NC(=S)N(c4ccc(C(C)C)cc4)C3=O)ccc21. The highest BCUT2D eigenvalue weighted by atomic mass is 32.1. The van der Waals surface area contributed by atoms with Crippen LogP contribution in [0.5, 0.6) is 0 Å². The maximum atomic E-state index is 13.3. The molecule has 2 aromatic rings. The topological polar surface area (TPSA) is 52.7 Å². The Morgan fingerprint density at radius 2 is 1.88 bits per heavy atom. The fraction of sp³-hybridized carbons (Fsp3) is 0.346. The van der Waals surface area contributed by atoms with Crippen LogP contribution >= 0.6 is 12.2 Å². The Balaban J connectivity index is 1.65. The van der Waals surface area contributed by atoms with Crippen molar-refractivity contribution < 1.29 is 9.59 Å². The minimum atomic E-state index is -0.458. The Morgan fingerprint density at radius 1 is 1.12 bits per heavy atom. The number of benzene rings is 2. The molecule has 0 atom stereocenters. The molecule has 0 aromatic heterocycles. The summed E-state index contributed by atoms with van der Waals surface area (Å²) in [5.74, 6) is -0.470. The van der Waals surface area contributed by atoms with Crippen molar-refractivity contribution in [3.63, 3.8) is 0 Å². The number of hydrogen-bond acceptors (Lipinski definition) is 4. The smallest absolute Gasteiger partial charge is 0.270 e. The summed E-state index contributed by atoms with van der Waals surface area (Å²) in [7, 11) is 0. The van der Waals surface area contributed by atoms with Crippen molar-refractivity contribution in [2.24, 2.45) is 0 Å². The van der Waals surface area contributed by atoms with Crippen LogP contribution in [0.3, 0.4) is 0 Å². The summed E-state index contributed by atoms with van der Waals surface area (Å²) >= 11 is 5.32. The summed E-state index contributed by atoms with van der Waals surface area (Å²) in [5, 5.41) is 2.78. The van der Waals surface area contributed by atoms with E-state index in [0.717, 1.165) is 37.9 Å². The van der Waals surface area contributed by atoms with Crippen molar-refractivity contribution in [2.45, 2.75) is 46.0 Å². The molecule has 2 amide bonds. The molecule has 0 radical (unpaired) electrons. The first-order chi connectivity index (χ1) is 15.4. The van der Waals surface area contributed by atoms with E-state index < -0.39 is 11.8 Å². The number of rotatable bonds is 5. The summed E-state index contributed by atoms with van der Waals surface area (Å²) in [6, 6.07) is 13.9. The van der Waals surface area contributed by atoms with Gasteiger partial charge >= 0.3 is 0 Å². The summed E-state index contributed by atoms with van der Waals surface area (Å²) < 4.78 is 0. The molecule has 0 aliphatic carbocycles. The fourth-order valence-corrected chi connectivity index (χ4v) is 4.63. The van der Waals surface area contributed by atoms with Gasteiger partial charge in [0.15, 0.2) is 5.11 Å². The molecule has 1 fully saturated rings. The number of thiocarbonyl (C=S) groups is 1. The first-order valence-electron chi connectivity index (χ1n) is 11.3. The average molecular weight is 448 g/mol. The minimum Gasteiger partial charge on any atom is -0.371 e. The molecule has 0 saturated carbocycles. The number of anilines is 2. The molecule has 1 N–H and O–H groups in total. The van der Waals surface area contributed by atoms with Gasteiger partial charge in [-0.3, -0.25) is 19.8 Å². The van der Waals surface area contributed by atoms with Gasteiger partial charge in [-0.25, -0.2) is 0 Å². The first-order valence-corrected chi connectivity index (χ1v) is 11.7. The molecule has 0 bridgehead atoms. The Morgan fingerprint density at radius 3 is 2.56 bits per heavy atom. The van der Waals surface area contributed by atoms with E-state index in [-0.39, 0.29) is 10.7 Å². The molecule has 4 rings (SSSR count). The molecule has 166 valence electrons. The second kappa shape index (κ2) is 9.25. The molecule has 6 heteroatoms. The monoisotopic (exact) mass is 447 g/mol. The predicted molar refractivity (Wildman–Crippen MR) is 134 cm³/mol. The molecular weight excluding hydrogens is 418 g/mol. The Hall–Kier alpha value is -2.99. The van der Waals surface area contributed by atoms with E-state index in [1.807, 2.05) is 30.3 Å². The predicted octanol–water partition coefficient (Wildman–Crippen LogP) is 4.80. The van der Waals surface area contributed by atoms with E-state index in [1.54, 1.807) is 6.08 Å². The van der Waals surface area contributed by atoms with E-state index in [2.05, 4.69) is 43.1 Å². The lowest BCUT2D eigenvalue weighted by Crippen LogP contribution is -2.54. The van der Waals surface area contributed by atoms with Crippen molar-refractivity contribution in [3.05, 3.63) is 64.7 Å². The van der Waals surface area contributed by atoms with E-state index in [1.165, 1.54) is 21.7 Å². The standard InChI is InChI=1S/C26H29N3O2S/c1-4-13-28-14-5-6-20-15-18(7-12-23(20)28)16-22-24(30)27-26(32)29(25(22)31)21-10-8-19(9-11-21)17(2)3/h7-12,15-17H,4-6,13-14H2,1-3H3,(H,27,30,32)/b22-16+. The Kier molecular flexibility index (Phi) is 6.42. The van der Waals surface area contributed by atoms with Crippen molar-refractivity contribution in [2.75, 3.05) is 22.9 Å². The summed E-state index contributed by atoms with van der Waals surface area (Å²) in [5.41, 5.74) is 5.29. The second-order valence-corrected chi connectivity index (χ2v) is 9.07. The van der Waals surface area contributed by atoms with E-state index in [4.69, 9.17) is 12.2 Å². The van der Waals surface area contributed by atoms with Crippen LogP contribution in [0.1, 0.15) is 56.2 Å². The number of carbonyl (C=O) groups is 2. The zero-order valence-electron chi connectivity index (χ0n) is 18.9. The summed E-state index contributed by atoms with van der Waals surface area (Å²) in [4.78, 5) is 29.7. The van der Waals surface area contributed by atoms with Crippen molar-refractivity contribution >= 4 is 46.6 Å². The molecule has 32 heavy (non-hydrogen) atoms. The molecule has 1 saturated heterocycles. The molecule has 5 nitrogen and oxygen atoms in total. The van der Waals surface area contributed by atoms with Crippen LogP contribution in [0.4, 0.5) is 11.4 Å². The van der Waals surface area contributed by atoms with Gasteiger partial charge in [0, 0.05) is 18.8 Å². The normalized spacial score (nSPS) is 17.8. The quantitative estimate of drug-likeness (QED) is 0.406. The average Bonchev–Trinajstić information content (AvgIpc) is 2.77. The van der Waals surface area contributed by atoms with Crippen LogP contribution in [0.2, 0.25) is 0 Å². The minimum absolute atomic E-state index is 0.0905. The largest absolute Gasteiger partial charge is 0.371 e. The van der Waals surface area contributed by atoms with Gasteiger partial charge in [0.05, 0.1) is 5.69 Å². The van der Waals surface area contributed by atoms with Crippen molar-refractivity contribution in [1.82, 2.24) is 5.32 Å². The van der Waals surface area contributed by atoms with Gasteiger partial charge in [-0.2, -0.15) is 0 Å². The molecule has 2 heterocycles. The van der Waals surface area contributed by atoms with Crippen LogP contribution < -0.4 is 15.1 Å². The highest BCUT2D eigenvalue weighted by molar-refractivity contribution is 7.80. The highest BCUT2D eigenvalue weighted by Crippen LogP contribution is 2.30. The number of carbonyl (C=O) groups excluding carboxylic acids is 2. The van der Waals surface area contributed by atoms with Gasteiger partial charge in [-0.1, -0.05) is 39.0 Å². The molecule has 0 spiro atoms. The van der Waals surface area contributed by atoms with E-state index >= 15 is 0 Å². The van der Waals surface area contributed by atoms with Crippen LogP contribution in [0, 0.1) is 0 Å². The van der Waals surface area contributed by atoms with Gasteiger partial charge < -0.3 is 4.90 Å². The number of amides is 2. The van der Waals surface area contributed by atoms with Crippen LogP contribution in [0.25, 0.3) is 6.08 Å². The zero-order valence-corrected chi connectivity index (χ0v) is 19.7. The number of aryl methyl sites for hydroxylation is 1. The van der Waals surface area contributed by atoms with Crippen LogP contribution in [0.15, 0.2) is 48.0 Å². The van der Waals surface area contributed by atoms with Crippen LogP contribution in [-0.4, -0.2) is 30.0 Å². The molecule has 2 aliphatic heterocycles. The lowest BCUT2D eigenvalue weighted by Gasteiger charge is -2.31.